The smallest absolute Gasteiger partial charge is 0.459 e. The Kier molecular flexibility index (Phi) is 8.77. The van der Waals surface area contributed by atoms with Crippen molar-refractivity contribution in [2.75, 3.05) is 13.4 Å². The van der Waals surface area contributed by atoms with Gasteiger partial charge in [0.05, 0.1) is 18.8 Å². The molecule has 0 saturated carbocycles. The van der Waals surface area contributed by atoms with Gasteiger partial charge in [0, 0.05) is 23.2 Å². The number of rotatable bonds is 11. The molecule has 3 heterocycles. The molecule has 1 saturated heterocycles. The largest absolute Gasteiger partial charge is 0.462 e. The van der Waals surface area contributed by atoms with Gasteiger partial charge in [-0.05, 0) is 45.4 Å². The predicted molar refractivity (Wildman–Crippen MR) is 139 cm³/mol. The fourth-order valence-corrected chi connectivity index (χ4v) is 5.65. The molecular formula is C23H29N6O11P. The van der Waals surface area contributed by atoms with Crippen molar-refractivity contribution in [2.45, 2.75) is 63.8 Å². The van der Waals surface area contributed by atoms with Crippen LogP contribution in [0.15, 0.2) is 45.2 Å². The summed E-state index contributed by atoms with van der Waals surface area (Å²) < 4.78 is 47.7. The highest BCUT2D eigenvalue weighted by atomic mass is 31.2. The lowest BCUT2D eigenvalue weighted by Crippen LogP contribution is -2.45. The number of aliphatic hydroxyl groups excluding tert-OH is 1. The van der Waals surface area contributed by atoms with Gasteiger partial charge in [-0.15, -0.1) is 0 Å². The molecule has 0 aliphatic carbocycles. The molecule has 1 aromatic heterocycles. The zero-order chi connectivity index (χ0) is 29.9. The van der Waals surface area contributed by atoms with E-state index in [1.807, 2.05) is 0 Å². The van der Waals surface area contributed by atoms with E-state index in [9.17, 15) is 24.1 Å². The van der Waals surface area contributed by atoms with Gasteiger partial charge in [-0.3, -0.25) is 23.7 Å². The van der Waals surface area contributed by atoms with E-state index in [1.54, 1.807) is 13.8 Å². The van der Waals surface area contributed by atoms with Crippen molar-refractivity contribution >= 4 is 13.7 Å². The van der Waals surface area contributed by atoms with Crippen LogP contribution < -0.4 is 30.3 Å². The van der Waals surface area contributed by atoms with Crippen LogP contribution in [-0.4, -0.2) is 63.9 Å². The zero-order valence-corrected chi connectivity index (χ0v) is 23.3. The number of H-pyrrole nitrogens is 1. The maximum atomic E-state index is 13.9. The molecule has 0 radical (unpaired) electrons. The number of fused-ring (bicyclic) bond motifs is 1. The molecule has 2 aliphatic heterocycles. The monoisotopic (exact) mass is 596 g/mol. The van der Waals surface area contributed by atoms with Crippen molar-refractivity contribution in [1.29, 1.82) is 0 Å². The Morgan fingerprint density at radius 2 is 2.05 bits per heavy atom. The molecule has 17 nitrogen and oxygen atoms in total. The average Bonchev–Trinajstić information content (AvgIpc) is 3.45. The highest BCUT2D eigenvalue weighted by molar-refractivity contribution is 7.52. The van der Waals surface area contributed by atoms with E-state index < -0.39 is 67.7 Å². The summed E-state index contributed by atoms with van der Waals surface area (Å²) in [5.74, 6) is 0.0798. The number of benzene rings is 1. The van der Waals surface area contributed by atoms with Crippen molar-refractivity contribution in [3.05, 3.63) is 61.7 Å². The number of aromatic amines is 1. The minimum absolute atomic E-state index is 0.0102. The fraction of sp³-hybridized carbons (Fsp3) is 0.522. The summed E-state index contributed by atoms with van der Waals surface area (Å²) in [5, 5.41) is 17.2. The summed E-state index contributed by atoms with van der Waals surface area (Å²) >= 11 is 0. The lowest BCUT2D eigenvalue weighted by molar-refractivity contribution is -0.149. The Morgan fingerprint density at radius 1 is 1.32 bits per heavy atom. The SMILES string of the molecule is CC(C)OC(=O)[C@H](C)NP(=O)(OC[C@H]1O[C@@H](n2ccc(=O)[nH]c2=O)[C@](C)(N=[N+]=[N-])[C@@H]1O)Oc1ccc2c(c1)OCO2. The molecule has 0 spiro atoms. The second-order valence-electron chi connectivity index (χ2n) is 9.64. The van der Waals surface area contributed by atoms with Crippen molar-refractivity contribution < 1.29 is 42.5 Å². The van der Waals surface area contributed by atoms with Crippen molar-refractivity contribution in [2.24, 2.45) is 5.11 Å². The minimum atomic E-state index is -4.42. The number of aliphatic hydroxyl groups is 1. The van der Waals surface area contributed by atoms with E-state index in [0.717, 1.165) is 16.8 Å². The summed E-state index contributed by atoms with van der Waals surface area (Å²) in [4.78, 5) is 41.2. The molecule has 2 aromatic rings. The fourth-order valence-electron chi connectivity index (χ4n) is 4.15. The quantitative estimate of drug-likeness (QED) is 0.111. The Bertz CT molecular complexity index is 1510. The Balaban J connectivity index is 1.59. The van der Waals surface area contributed by atoms with Crippen LogP contribution in [0.4, 0.5) is 0 Å². The van der Waals surface area contributed by atoms with E-state index >= 15 is 0 Å². The number of carbonyl (C=O) groups is 1. The predicted octanol–water partition coefficient (Wildman–Crippen LogP) is 1.73. The van der Waals surface area contributed by atoms with Crippen molar-refractivity contribution in [3.63, 3.8) is 0 Å². The van der Waals surface area contributed by atoms with Gasteiger partial charge in [0.1, 0.15) is 23.4 Å². The number of carbonyl (C=O) groups excluding carboxylic acids is 1. The molecule has 1 fully saturated rings. The number of azide groups is 1. The van der Waals surface area contributed by atoms with Crippen LogP contribution >= 0.6 is 7.75 Å². The lowest BCUT2D eigenvalue weighted by atomic mass is 9.93. The standard InChI is InChI=1S/C23H29N6O11P/c1-12(2)38-20(32)13(3)26-41(34,40-14-5-6-15-16(9-14)36-11-35-15)37-10-17-19(31)23(4,27-28-24)21(39-17)29-8-7-18(30)25-22(29)33/h5-9,12-13,17,19,21,31H,10-11H2,1-4H3,(H,26,34)(H,25,30,33)/t13-,17+,19+,21+,23+,41?/m0/s1. The van der Waals surface area contributed by atoms with Crippen molar-refractivity contribution in [3.8, 4) is 17.2 Å². The van der Waals surface area contributed by atoms with Crippen LogP contribution in [0.1, 0.15) is 33.9 Å². The van der Waals surface area contributed by atoms with E-state index in [4.69, 9.17) is 33.5 Å². The van der Waals surface area contributed by atoms with Gasteiger partial charge in [0.15, 0.2) is 17.7 Å². The number of hydrogen-bond donors (Lipinski definition) is 3. The summed E-state index contributed by atoms with van der Waals surface area (Å²) in [5.41, 5.74) is 5.84. The third-order valence-corrected chi connectivity index (χ3v) is 7.80. The molecule has 222 valence electrons. The third kappa shape index (κ3) is 6.56. The number of ether oxygens (including phenoxy) is 4. The van der Waals surface area contributed by atoms with Crippen LogP contribution in [0.25, 0.3) is 10.4 Å². The maximum absolute atomic E-state index is 13.9. The number of nitrogens with one attached hydrogen (secondary N) is 2. The number of hydrogen-bond acceptors (Lipinski definition) is 12. The summed E-state index contributed by atoms with van der Waals surface area (Å²) in [6, 6.07) is 4.27. The molecule has 18 heteroatoms. The first kappa shape index (κ1) is 30.1. The molecule has 3 N–H and O–H groups in total. The topological polar surface area (TPSA) is 225 Å². The first-order valence-electron chi connectivity index (χ1n) is 12.4. The van der Waals surface area contributed by atoms with E-state index in [-0.39, 0.29) is 12.5 Å². The van der Waals surface area contributed by atoms with Crippen LogP contribution in [0.3, 0.4) is 0 Å². The average molecular weight is 596 g/mol. The normalized spacial score (nSPS) is 25.3. The molecule has 2 aliphatic rings. The minimum Gasteiger partial charge on any atom is -0.462 e. The van der Waals surface area contributed by atoms with Gasteiger partial charge >= 0.3 is 19.4 Å². The van der Waals surface area contributed by atoms with Gasteiger partial charge in [-0.25, -0.2) is 9.36 Å². The van der Waals surface area contributed by atoms with Crippen LogP contribution in [-0.2, 0) is 23.4 Å². The van der Waals surface area contributed by atoms with Gasteiger partial charge < -0.3 is 28.6 Å². The zero-order valence-electron chi connectivity index (χ0n) is 22.5. The van der Waals surface area contributed by atoms with Gasteiger partial charge in [-0.1, -0.05) is 5.11 Å². The van der Waals surface area contributed by atoms with Gasteiger partial charge in [-0.2, -0.15) is 5.09 Å². The molecular weight excluding hydrogens is 567 g/mol. The van der Waals surface area contributed by atoms with Gasteiger partial charge in [0.2, 0.25) is 6.79 Å². The molecule has 0 amide bonds. The Morgan fingerprint density at radius 3 is 2.73 bits per heavy atom. The summed E-state index contributed by atoms with van der Waals surface area (Å²) in [6.45, 7) is 5.39. The third-order valence-electron chi connectivity index (χ3n) is 6.15. The van der Waals surface area contributed by atoms with E-state index in [0.29, 0.717) is 11.5 Å². The van der Waals surface area contributed by atoms with E-state index in [2.05, 4.69) is 20.1 Å². The summed E-state index contributed by atoms with van der Waals surface area (Å²) in [6.07, 6.45) is -3.61. The van der Waals surface area contributed by atoms with Crippen LogP contribution in [0.2, 0.25) is 0 Å². The second-order valence-corrected chi connectivity index (χ2v) is 11.3. The highest BCUT2D eigenvalue weighted by Gasteiger charge is 2.55. The first-order chi connectivity index (χ1) is 19.3. The van der Waals surface area contributed by atoms with Crippen LogP contribution in [0.5, 0.6) is 17.2 Å². The highest BCUT2D eigenvalue weighted by Crippen LogP contribution is 2.49. The summed E-state index contributed by atoms with van der Waals surface area (Å²) in [7, 11) is -4.42. The molecule has 1 unspecified atom stereocenters. The van der Waals surface area contributed by atoms with Crippen molar-refractivity contribution in [1.82, 2.24) is 14.6 Å². The lowest BCUT2D eigenvalue weighted by Gasteiger charge is -2.28. The second kappa shape index (κ2) is 11.9. The Hall–Kier alpha value is -3.85. The molecule has 1 aromatic carbocycles. The first-order valence-corrected chi connectivity index (χ1v) is 13.9. The van der Waals surface area contributed by atoms with Gasteiger partial charge in [0.25, 0.3) is 5.56 Å². The number of nitrogens with zero attached hydrogens (tertiary/aromatic N) is 4. The number of esters is 1. The maximum Gasteiger partial charge on any atom is 0.459 e. The molecule has 6 atom stereocenters. The number of aromatic nitrogens is 2. The molecule has 0 bridgehead atoms. The molecule has 4 rings (SSSR count). The molecule has 41 heavy (non-hydrogen) atoms. The van der Waals surface area contributed by atoms with E-state index in [1.165, 1.54) is 32.0 Å². The Labute approximate surface area is 232 Å². The van der Waals surface area contributed by atoms with Crippen LogP contribution in [0, 0.1) is 0 Å².